The van der Waals surface area contributed by atoms with Crippen LogP contribution in [0.25, 0.3) is 11.5 Å². The Morgan fingerprint density at radius 2 is 1.65 bits per heavy atom. The highest BCUT2D eigenvalue weighted by Gasteiger charge is 2.23. The summed E-state index contributed by atoms with van der Waals surface area (Å²) in [6.07, 6.45) is -0.765. The van der Waals surface area contributed by atoms with E-state index in [1.54, 1.807) is 20.8 Å². The highest BCUT2D eigenvalue weighted by molar-refractivity contribution is 7.89. The molecule has 0 aliphatic rings. The molecule has 0 spiro atoms. The van der Waals surface area contributed by atoms with E-state index in [4.69, 9.17) is 9.15 Å². The molecule has 1 atom stereocenters. The summed E-state index contributed by atoms with van der Waals surface area (Å²) in [4.78, 5) is 12.6. The van der Waals surface area contributed by atoms with E-state index in [-0.39, 0.29) is 16.3 Å². The molecule has 3 rings (SSSR count). The number of hydrogen-bond donors (Lipinski definition) is 0. The van der Waals surface area contributed by atoms with Gasteiger partial charge in [-0.15, -0.1) is 10.2 Å². The van der Waals surface area contributed by atoms with Crippen molar-refractivity contribution in [2.75, 3.05) is 13.1 Å². The summed E-state index contributed by atoms with van der Waals surface area (Å²) in [6, 6.07) is 13.3. The smallest absolute Gasteiger partial charge is 0.338 e. The Bertz CT molecular complexity index is 1130. The van der Waals surface area contributed by atoms with Gasteiger partial charge in [0.15, 0.2) is 6.10 Å². The average molecular weight is 444 g/mol. The predicted molar refractivity (Wildman–Crippen MR) is 115 cm³/mol. The Morgan fingerprint density at radius 1 is 1.03 bits per heavy atom. The molecule has 1 heterocycles. The first-order valence-corrected chi connectivity index (χ1v) is 11.4. The van der Waals surface area contributed by atoms with Crippen molar-refractivity contribution in [3.63, 3.8) is 0 Å². The summed E-state index contributed by atoms with van der Waals surface area (Å²) in [5.41, 5.74) is 2.11. The summed E-state index contributed by atoms with van der Waals surface area (Å²) in [5.74, 6) is -0.108. The Kier molecular flexibility index (Phi) is 6.87. The van der Waals surface area contributed by atoms with Crippen molar-refractivity contribution in [2.24, 2.45) is 0 Å². The zero-order valence-corrected chi connectivity index (χ0v) is 18.7. The molecule has 9 heteroatoms. The van der Waals surface area contributed by atoms with Crippen LogP contribution in [0.5, 0.6) is 0 Å². The number of carbonyl (C=O) groups is 1. The van der Waals surface area contributed by atoms with Crippen LogP contribution in [0.1, 0.15) is 48.7 Å². The van der Waals surface area contributed by atoms with Crippen LogP contribution in [0.15, 0.2) is 57.8 Å². The van der Waals surface area contributed by atoms with Gasteiger partial charge in [0.05, 0.1) is 10.5 Å². The molecule has 1 unspecified atom stereocenters. The molecular formula is C22H25N3O5S. The molecule has 3 aromatic rings. The van der Waals surface area contributed by atoms with Crippen LogP contribution < -0.4 is 0 Å². The third-order valence-corrected chi connectivity index (χ3v) is 6.87. The normalized spacial score (nSPS) is 12.7. The molecule has 1 aromatic heterocycles. The van der Waals surface area contributed by atoms with Crippen LogP contribution in [0.2, 0.25) is 0 Å². The van der Waals surface area contributed by atoms with Crippen molar-refractivity contribution in [3.8, 4) is 11.5 Å². The maximum absolute atomic E-state index is 12.6. The largest absolute Gasteiger partial charge is 0.449 e. The fourth-order valence-corrected chi connectivity index (χ4v) is 4.42. The second kappa shape index (κ2) is 9.40. The van der Waals surface area contributed by atoms with Crippen molar-refractivity contribution in [1.29, 1.82) is 0 Å². The standard InChI is InChI=1S/C22H25N3O5S/c1-5-25(6-2)31(27,28)19-13-11-18(12-14-19)22(26)29-16(4)20-23-24-21(30-20)17-9-7-15(3)8-10-17/h7-14,16H,5-6H2,1-4H3. The van der Waals surface area contributed by atoms with Crippen LogP contribution in [-0.4, -0.2) is 42.0 Å². The molecule has 31 heavy (non-hydrogen) atoms. The minimum atomic E-state index is -3.59. The molecule has 2 aromatic carbocycles. The first-order chi connectivity index (χ1) is 14.8. The summed E-state index contributed by atoms with van der Waals surface area (Å²) < 4.78 is 37.5. The van der Waals surface area contributed by atoms with E-state index in [0.717, 1.165) is 11.1 Å². The molecule has 0 fully saturated rings. The number of rotatable bonds is 8. The molecule has 0 saturated heterocycles. The molecular weight excluding hydrogens is 418 g/mol. The van der Waals surface area contributed by atoms with E-state index in [9.17, 15) is 13.2 Å². The number of hydrogen-bond acceptors (Lipinski definition) is 7. The van der Waals surface area contributed by atoms with E-state index in [2.05, 4.69) is 10.2 Å². The summed E-state index contributed by atoms with van der Waals surface area (Å²) >= 11 is 0. The van der Waals surface area contributed by atoms with Gasteiger partial charge in [0.2, 0.25) is 15.9 Å². The van der Waals surface area contributed by atoms with Gasteiger partial charge in [-0.2, -0.15) is 4.31 Å². The van der Waals surface area contributed by atoms with Crippen LogP contribution in [0, 0.1) is 6.92 Å². The number of aromatic nitrogens is 2. The molecule has 8 nitrogen and oxygen atoms in total. The first kappa shape index (κ1) is 22.6. The number of aryl methyl sites for hydroxylation is 1. The van der Waals surface area contributed by atoms with Crippen molar-refractivity contribution in [3.05, 3.63) is 65.5 Å². The van der Waals surface area contributed by atoms with Gasteiger partial charge < -0.3 is 9.15 Å². The lowest BCUT2D eigenvalue weighted by Gasteiger charge is -2.18. The molecule has 0 N–H and O–H groups in total. The Labute approximate surface area is 181 Å². The quantitative estimate of drug-likeness (QED) is 0.485. The van der Waals surface area contributed by atoms with Gasteiger partial charge in [0.25, 0.3) is 5.89 Å². The molecule has 0 aliphatic carbocycles. The molecule has 0 aliphatic heterocycles. The zero-order valence-electron chi connectivity index (χ0n) is 17.9. The van der Waals surface area contributed by atoms with Crippen LogP contribution >= 0.6 is 0 Å². The second-order valence-corrected chi connectivity index (χ2v) is 8.91. The van der Waals surface area contributed by atoms with Gasteiger partial charge in [-0.1, -0.05) is 31.5 Å². The van der Waals surface area contributed by atoms with Crippen molar-refractivity contribution in [2.45, 2.75) is 38.7 Å². The van der Waals surface area contributed by atoms with Gasteiger partial charge in [-0.25, -0.2) is 13.2 Å². The fourth-order valence-electron chi connectivity index (χ4n) is 2.97. The van der Waals surface area contributed by atoms with E-state index >= 15 is 0 Å². The van der Waals surface area contributed by atoms with Crippen LogP contribution in [0.3, 0.4) is 0 Å². The second-order valence-electron chi connectivity index (χ2n) is 6.97. The SMILES string of the molecule is CCN(CC)S(=O)(=O)c1ccc(C(=O)OC(C)c2nnc(-c3ccc(C)cc3)o2)cc1. The van der Waals surface area contributed by atoms with E-state index in [1.807, 2.05) is 31.2 Å². The van der Waals surface area contributed by atoms with Gasteiger partial charge in [-0.3, -0.25) is 0 Å². The number of carbonyl (C=O) groups excluding carboxylic acids is 1. The lowest BCUT2D eigenvalue weighted by Crippen LogP contribution is -2.30. The molecule has 0 radical (unpaired) electrons. The number of ether oxygens (including phenoxy) is 1. The Hall–Kier alpha value is -3.04. The van der Waals surface area contributed by atoms with Crippen LogP contribution in [-0.2, 0) is 14.8 Å². The first-order valence-electron chi connectivity index (χ1n) is 9.97. The van der Waals surface area contributed by atoms with E-state index < -0.39 is 22.1 Å². The number of benzene rings is 2. The van der Waals surface area contributed by atoms with E-state index in [0.29, 0.717) is 19.0 Å². The fraction of sp³-hybridized carbons (Fsp3) is 0.318. The third-order valence-electron chi connectivity index (χ3n) is 4.80. The molecule has 0 amide bonds. The van der Waals surface area contributed by atoms with Gasteiger partial charge in [0.1, 0.15) is 0 Å². The predicted octanol–water partition coefficient (Wildman–Crippen LogP) is 3.99. The minimum absolute atomic E-state index is 0.125. The van der Waals surface area contributed by atoms with Crippen molar-refractivity contribution in [1.82, 2.24) is 14.5 Å². The molecule has 164 valence electrons. The van der Waals surface area contributed by atoms with E-state index in [1.165, 1.54) is 28.6 Å². The van der Waals surface area contributed by atoms with Gasteiger partial charge in [0, 0.05) is 18.7 Å². The van der Waals surface area contributed by atoms with Gasteiger partial charge in [-0.05, 0) is 50.2 Å². The monoisotopic (exact) mass is 443 g/mol. The van der Waals surface area contributed by atoms with Crippen molar-refractivity contribution >= 4 is 16.0 Å². The zero-order chi connectivity index (χ0) is 22.6. The van der Waals surface area contributed by atoms with Crippen LogP contribution in [0.4, 0.5) is 0 Å². The average Bonchev–Trinajstić information content (AvgIpc) is 3.25. The molecule has 0 bridgehead atoms. The summed E-state index contributed by atoms with van der Waals surface area (Å²) in [6.45, 7) is 7.90. The number of nitrogens with zero attached hydrogens (tertiary/aromatic N) is 3. The summed E-state index contributed by atoms with van der Waals surface area (Å²) in [7, 11) is -3.59. The highest BCUT2D eigenvalue weighted by Crippen LogP contribution is 2.24. The number of esters is 1. The lowest BCUT2D eigenvalue weighted by atomic mass is 10.1. The summed E-state index contributed by atoms with van der Waals surface area (Å²) in [5, 5.41) is 7.98. The third kappa shape index (κ3) is 5.00. The lowest BCUT2D eigenvalue weighted by molar-refractivity contribution is 0.0279. The maximum atomic E-state index is 12.6. The topological polar surface area (TPSA) is 103 Å². The van der Waals surface area contributed by atoms with Gasteiger partial charge >= 0.3 is 5.97 Å². The maximum Gasteiger partial charge on any atom is 0.338 e. The van der Waals surface area contributed by atoms with Crippen molar-refractivity contribution < 1.29 is 22.4 Å². The minimum Gasteiger partial charge on any atom is -0.449 e. The number of sulfonamides is 1. The molecule has 0 saturated carbocycles. The Morgan fingerprint density at radius 3 is 2.23 bits per heavy atom. The Balaban J connectivity index is 1.69. The highest BCUT2D eigenvalue weighted by atomic mass is 32.2.